The molecule has 1 aliphatic carbocycles. The maximum absolute atomic E-state index is 12.4. The molecule has 0 bridgehead atoms. The van der Waals surface area contributed by atoms with Gasteiger partial charge in [0, 0.05) is 11.7 Å². The minimum atomic E-state index is 0.207. The van der Waals surface area contributed by atoms with Crippen LogP contribution in [0.15, 0.2) is 24.3 Å². The number of quaternary nitrogens is 1. The van der Waals surface area contributed by atoms with Gasteiger partial charge in [-0.25, -0.2) is 0 Å². The molecule has 1 amide bonds. The Morgan fingerprint density at radius 1 is 1.20 bits per heavy atom. The molecule has 5 nitrogen and oxygen atoms in total. The van der Waals surface area contributed by atoms with Crippen molar-refractivity contribution in [3.05, 3.63) is 24.3 Å². The Morgan fingerprint density at radius 2 is 1.88 bits per heavy atom. The van der Waals surface area contributed by atoms with E-state index in [2.05, 4.69) is 24.1 Å². The zero-order valence-electron chi connectivity index (χ0n) is 15.5. The van der Waals surface area contributed by atoms with Gasteiger partial charge in [-0.1, -0.05) is 26.7 Å². The van der Waals surface area contributed by atoms with Crippen molar-refractivity contribution < 1.29 is 14.8 Å². The summed E-state index contributed by atoms with van der Waals surface area (Å²) in [5.74, 6) is 1.80. The van der Waals surface area contributed by atoms with E-state index < -0.39 is 0 Å². The van der Waals surface area contributed by atoms with Crippen LogP contribution in [0.1, 0.15) is 33.1 Å². The van der Waals surface area contributed by atoms with Crippen LogP contribution in [0, 0.1) is 11.8 Å². The zero-order chi connectivity index (χ0) is 17.8. The number of amides is 1. The third kappa shape index (κ3) is 4.66. The lowest BCUT2D eigenvalue weighted by Crippen LogP contribution is -3.16. The number of anilines is 1. The minimum Gasteiger partial charge on any atom is -0.508 e. The highest BCUT2D eigenvalue weighted by Crippen LogP contribution is 2.29. The van der Waals surface area contributed by atoms with Crippen LogP contribution in [0.5, 0.6) is 5.75 Å². The fourth-order valence-electron chi connectivity index (χ4n) is 4.19. The highest BCUT2D eigenvalue weighted by Gasteiger charge is 2.29. The van der Waals surface area contributed by atoms with E-state index in [-0.39, 0.29) is 5.91 Å². The summed E-state index contributed by atoms with van der Waals surface area (Å²) in [6.45, 7) is 9.01. The van der Waals surface area contributed by atoms with Crippen molar-refractivity contribution in [3.8, 4) is 5.75 Å². The third-order valence-corrected chi connectivity index (χ3v) is 6.15. The maximum Gasteiger partial charge on any atom is 0.275 e. The molecule has 0 unspecified atom stereocenters. The summed E-state index contributed by atoms with van der Waals surface area (Å²) in [4.78, 5) is 16.1. The number of nitrogens with zero attached hydrogens (tertiary/aromatic N) is 1. The zero-order valence-corrected chi connectivity index (χ0v) is 15.5. The first-order valence-electron chi connectivity index (χ1n) is 9.70. The Labute approximate surface area is 151 Å². The number of benzene rings is 1. The van der Waals surface area contributed by atoms with Crippen molar-refractivity contribution in [1.82, 2.24) is 5.32 Å². The number of rotatable bonds is 4. The molecular weight excluding hydrogens is 314 g/mol. The molecule has 1 aliphatic heterocycles. The lowest BCUT2D eigenvalue weighted by atomic mass is 9.78. The van der Waals surface area contributed by atoms with Gasteiger partial charge in [0.15, 0.2) is 6.54 Å². The van der Waals surface area contributed by atoms with Gasteiger partial charge in [0.1, 0.15) is 5.75 Å². The Kier molecular flexibility index (Phi) is 5.84. The SMILES string of the molecule is C[C@H]1[C@@H](NC(=O)C[NH+]2CCN(c3ccc(O)cc3)CC2)CCC[C@@H]1C. The summed E-state index contributed by atoms with van der Waals surface area (Å²) in [5.41, 5.74) is 1.14. The Hall–Kier alpha value is -1.75. The molecule has 1 saturated carbocycles. The van der Waals surface area contributed by atoms with E-state index in [1.807, 2.05) is 12.1 Å². The summed E-state index contributed by atoms with van der Waals surface area (Å²) in [6.07, 6.45) is 3.65. The van der Waals surface area contributed by atoms with Crippen molar-refractivity contribution in [3.63, 3.8) is 0 Å². The second kappa shape index (κ2) is 8.09. The van der Waals surface area contributed by atoms with Crippen molar-refractivity contribution in [2.75, 3.05) is 37.6 Å². The molecule has 2 aliphatic rings. The number of hydrogen-bond acceptors (Lipinski definition) is 3. The molecule has 5 heteroatoms. The quantitative estimate of drug-likeness (QED) is 0.763. The van der Waals surface area contributed by atoms with E-state index in [1.165, 1.54) is 17.7 Å². The molecule has 1 aromatic rings. The van der Waals surface area contributed by atoms with Crippen LogP contribution in [0.3, 0.4) is 0 Å². The monoisotopic (exact) mass is 346 g/mol. The van der Waals surface area contributed by atoms with Crippen LogP contribution < -0.4 is 15.1 Å². The number of phenols is 1. The number of piperazine rings is 1. The molecular formula is C20H32N3O2+. The molecule has 138 valence electrons. The summed E-state index contributed by atoms with van der Waals surface area (Å²) in [6, 6.07) is 7.73. The molecule has 1 aromatic carbocycles. The predicted octanol–water partition coefficient (Wildman–Crippen LogP) is 1.04. The van der Waals surface area contributed by atoms with Crippen LogP contribution in [-0.2, 0) is 4.79 Å². The van der Waals surface area contributed by atoms with E-state index in [1.54, 1.807) is 12.1 Å². The lowest BCUT2D eigenvalue weighted by Gasteiger charge is -2.36. The van der Waals surface area contributed by atoms with E-state index in [0.29, 0.717) is 30.2 Å². The molecule has 2 fully saturated rings. The molecule has 0 radical (unpaired) electrons. The van der Waals surface area contributed by atoms with E-state index >= 15 is 0 Å². The second-order valence-corrected chi connectivity index (χ2v) is 7.87. The third-order valence-electron chi connectivity index (χ3n) is 6.15. The van der Waals surface area contributed by atoms with Crippen LogP contribution in [0.4, 0.5) is 5.69 Å². The van der Waals surface area contributed by atoms with E-state index in [0.717, 1.165) is 38.3 Å². The fraction of sp³-hybridized carbons (Fsp3) is 0.650. The van der Waals surface area contributed by atoms with Crippen molar-refractivity contribution >= 4 is 11.6 Å². The van der Waals surface area contributed by atoms with Gasteiger partial charge in [0.2, 0.25) is 0 Å². The Balaban J connectivity index is 1.44. The summed E-state index contributed by atoms with van der Waals surface area (Å²) >= 11 is 0. The van der Waals surface area contributed by atoms with Crippen LogP contribution in [-0.4, -0.2) is 49.8 Å². The standard InChI is InChI=1S/C20H31N3O2/c1-15-4-3-5-19(16(15)2)21-20(25)14-22-10-12-23(13-11-22)17-6-8-18(24)9-7-17/h6-9,15-16,19,24H,3-5,10-14H2,1-2H3,(H,21,25)/p+1/t15-,16+,19-/m0/s1. The lowest BCUT2D eigenvalue weighted by molar-refractivity contribution is -0.892. The van der Waals surface area contributed by atoms with Gasteiger partial charge < -0.3 is 20.2 Å². The van der Waals surface area contributed by atoms with Crippen molar-refractivity contribution in [2.24, 2.45) is 11.8 Å². The van der Waals surface area contributed by atoms with Crippen molar-refractivity contribution in [1.29, 1.82) is 0 Å². The smallest absolute Gasteiger partial charge is 0.275 e. The van der Waals surface area contributed by atoms with E-state index in [4.69, 9.17) is 0 Å². The van der Waals surface area contributed by atoms with Gasteiger partial charge in [-0.3, -0.25) is 4.79 Å². The first-order valence-corrected chi connectivity index (χ1v) is 9.70. The molecule has 1 saturated heterocycles. The number of nitrogens with one attached hydrogen (secondary N) is 2. The van der Waals surface area contributed by atoms with Crippen LogP contribution >= 0.6 is 0 Å². The van der Waals surface area contributed by atoms with Gasteiger partial charge in [-0.2, -0.15) is 0 Å². The molecule has 0 spiro atoms. The first-order chi connectivity index (χ1) is 12.0. The molecule has 3 atom stereocenters. The van der Waals surface area contributed by atoms with Gasteiger partial charge in [-0.15, -0.1) is 0 Å². The minimum absolute atomic E-state index is 0.207. The largest absolute Gasteiger partial charge is 0.508 e. The highest BCUT2D eigenvalue weighted by atomic mass is 16.3. The number of phenolic OH excluding ortho intramolecular Hbond substituents is 1. The molecule has 3 rings (SSSR count). The molecule has 0 aromatic heterocycles. The van der Waals surface area contributed by atoms with Crippen LogP contribution in [0.2, 0.25) is 0 Å². The molecule has 1 heterocycles. The summed E-state index contributed by atoms with van der Waals surface area (Å²) in [5, 5.41) is 12.7. The number of hydrogen-bond donors (Lipinski definition) is 3. The Morgan fingerprint density at radius 3 is 2.56 bits per heavy atom. The average Bonchev–Trinajstić information content (AvgIpc) is 2.60. The van der Waals surface area contributed by atoms with Gasteiger partial charge >= 0.3 is 0 Å². The molecule has 3 N–H and O–H groups in total. The first kappa shape index (κ1) is 18.1. The van der Waals surface area contributed by atoms with Gasteiger partial charge in [0.05, 0.1) is 26.2 Å². The van der Waals surface area contributed by atoms with Crippen molar-refractivity contribution in [2.45, 2.75) is 39.2 Å². The number of aromatic hydroxyl groups is 1. The summed E-state index contributed by atoms with van der Waals surface area (Å²) < 4.78 is 0. The number of carbonyl (C=O) groups excluding carboxylic acids is 1. The highest BCUT2D eigenvalue weighted by molar-refractivity contribution is 5.77. The van der Waals surface area contributed by atoms with Crippen LogP contribution in [0.25, 0.3) is 0 Å². The maximum atomic E-state index is 12.4. The van der Waals surface area contributed by atoms with E-state index in [9.17, 15) is 9.90 Å². The number of carbonyl (C=O) groups is 1. The predicted molar refractivity (Wildman–Crippen MR) is 100.0 cm³/mol. The van der Waals surface area contributed by atoms with Gasteiger partial charge in [0.25, 0.3) is 5.91 Å². The average molecular weight is 346 g/mol. The fourth-order valence-corrected chi connectivity index (χ4v) is 4.19. The van der Waals surface area contributed by atoms with Gasteiger partial charge in [-0.05, 0) is 42.5 Å². The topological polar surface area (TPSA) is 57.0 Å². The summed E-state index contributed by atoms with van der Waals surface area (Å²) in [7, 11) is 0. The molecule has 25 heavy (non-hydrogen) atoms. The normalized spacial score (nSPS) is 27.9. The second-order valence-electron chi connectivity index (χ2n) is 7.87. The Bertz CT molecular complexity index is 567.